The Hall–Kier alpha value is -1.54. The Kier molecular flexibility index (Phi) is 3.07. The van der Waals surface area contributed by atoms with Gasteiger partial charge in [-0.1, -0.05) is 23.7 Å². The summed E-state index contributed by atoms with van der Waals surface area (Å²) in [5.74, 6) is 0.658. The molecule has 0 bridgehead atoms. The minimum atomic E-state index is -0.280. The maximum absolute atomic E-state index is 11.7. The van der Waals surface area contributed by atoms with Gasteiger partial charge in [-0.3, -0.25) is 0 Å². The van der Waals surface area contributed by atoms with Crippen molar-refractivity contribution in [3.05, 3.63) is 56.6 Å². The van der Waals surface area contributed by atoms with E-state index in [9.17, 15) is 4.79 Å². The Morgan fingerprint density at radius 1 is 1.00 bits per heavy atom. The highest BCUT2D eigenvalue weighted by Gasteiger charge is 2.12. The SMILES string of the molecule is Cc1oc(=O)c(C)c(-c2ccc(Cl)cc2)c1C. The van der Waals surface area contributed by atoms with E-state index in [2.05, 4.69) is 0 Å². The molecule has 0 aliphatic heterocycles. The Bertz CT molecular complexity index is 609. The van der Waals surface area contributed by atoms with Crippen molar-refractivity contribution in [2.75, 3.05) is 0 Å². The van der Waals surface area contributed by atoms with Crippen molar-refractivity contribution in [3.8, 4) is 11.1 Å². The van der Waals surface area contributed by atoms with Gasteiger partial charge in [-0.05, 0) is 49.6 Å². The van der Waals surface area contributed by atoms with Gasteiger partial charge >= 0.3 is 5.63 Å². The summed E-state index contributed by atoms with van der Waals surface area (Å²) in [5.41, 5.74) is 3.27. The van der Waals surface area contributed by atoms with Gasteiger partial charge in [-0.15, -0.1) is 0 Å². The average Bonchev–Trinajstić information content (AvgIpc) is 2.29. The van der Waals surface area contributed by atoms with Gasteiger partial charge in [0.15, 0.2) is 0 Å². The van der Waals surface area contributed by atoms with Crippen molar-refractivity contribution in [2.24, 2.45) is 0 Å². The molecule has 2 rings (SSSR count). The van der Waals surface area contributed by atoms with Crippen LogP contribution in [-0.2, 0) is 0 Å². The topological polar surface area (TPSA) is 30.2 Å². The van der Waals surface area contributed by atoms with Gasteiger partial charge in [0, 0.05) is 10.6 Å². The third-order valence-corrected chi connectivity index (χ3v) is 3.21. The predicted octanol–water partition coefficient (Wildman–Crippen LogP) is 3.89. The average molecular weight is 249 g/mol. The molecule has 3 heteroatoms. The van der Waals surface area contributed by atoms with Crippen LogP contribution in [-0.4, -0.2) is 0 Å². The zero-order valence-corrected chi connectivity index (χ0v) is 10.8. The van der Waals surface area contributed by atoms with Crippen LogP contribution in [0, 0.1) is 20.8 Å². The van der Waals surface area contributed by atoms with Crippen LogP contribution in [0.15, 0.2) is 33.5 Å². The highest BCUT2D eigenvalue weighted by molar-refractivity contribution is 6.30. The lowest BCUT2D eigenvalue weighted by Gasteiger charge is -2.10. The molecule has 0 spiro atoms. The quantitative estimate of drug-likeness (QED) is 0.767. The highest BCUT2D eigenvalue weighted by atomic mass is 35.5. The molecule has 1 aromatic carbocycles. The van der Waals surface area contributed by atoms with E-state index in [-0.39, 0.29) is 5.63 Å². The molecule has 2 nitrogen and oxygen atoms in total. The van der Waals surface area contributed by atoms with Crippen molar-refractivity contribution >= 4 is 11.6 Å². The van der Waals surface area contributed by atoms with E-state index in [1.807, 2.05) is 31.2 Å². The number of rotatable bonds is 1. The van der Waals surface area contributed by atoms with Gasteiger partial charge in [0.05, 0.1) is 0 Å². The lowest BCUT2D eigenvalue weighted by Crippen LogP contribution is -2.08. The summed E-state index contributed by atoms with van der Waals surface area (Å²) in [5, 5.41) is 0.684. The number of aryl methyl sites for hydroxylation is 1. The Morgan fingerprint density at radius 2 is 1.59 bits per heavy atom. The van der Waals surface area contributed by atoms with Crippen molar-refractivity contribution in [2.45, 2.75) is 20.8 Å². The summed E-state index contributed by atoms with van der Waals surface area (Å²) in [7, 11) is 0. The van der Waals surface area contributed by atoms with Gasteiger partial charge in [-0.25, -0.2) is 4.79 Å². The molecule has 0 aliphatic carbocycles. The Balaban J connectivity index is 2.75. The van der Waals surface area contributed by atoms with E-state index >= 15 is 0 Å². The van der Waals surface area contributed by atoms with Crippen LogP contribution in [0.4, 0.5) is 0 Å². The van der Waals surface area contributed by atoms with Crippen molar-refractivity contribution < 1.29 is 4.42 Å². The van der Waals surface area contributed by atoms with Crippen LogP contribution >= 0.6 is 11.6 Å². The maximum atomic E-state index is 11.7. The summed E-state index contributed by atoms with van der Waals surface area (Å²) in [6.07, 6.45) is 0. The minimum Gasteiger partial charge on any atom is -0.428 e. The van der Waals surface area contributed by atoms with Crippen LogP contribution < -0.4 is 5.63 Å². The minimum absolute atomic E-state index is 0.280. The van der Waals surface area contributed by atoms with E-state index in [4.69, 9.17) is 16.0 Å². The molecule has 0 saturated carbocycles. The Labute approximate surface area is 105 Å². The van der Waals surface area contributed by atoms with Gasteiger partial charge in [0.25, 0.3) is 0 Å². The van der Waals surface area contributed by atoms with Gasteiger partial charge < -0.3 is 4.42 Å². The summed E-state index contributed by atoms with van der Waals surface area (Å²) in [6, 6.07) is 7.46. The molecule has 0 saturated heterocycles. The van der Waals surface area contributed by atoms with Crippen LogP contribution in [0.1, 0.15) is 16.9 Å². The third-order valence-electron chi connectivity index (χ3n) is 2.96. The largest absolute Gasteiger partial charge is 0.428 e. The summed E-state index contributed by atoms with van der Waals surface area (Å²) < 4.78 is 5.14. The molecule has 2 aromatic rings. The van der Waals surface area contributed by atoms with Crippen LogP contribution in [0.2, 0.25) is 5.02 Å². The van der Waals surface area contributed by atoms with Crippen molar-refractivity contribution in [3.63, 3.8) is 0 Å². The fourth-order valence-corrected chi connectivity index (χ4v) is 2.03. The number of hydrogen-bond acceptors (Lipinski definition) is 2. The zero-order valence-electron chi connectivity index (χ0n) is 10.0. The third kappa shape index (κ3) is 2.13. The van der Waals surface area contributed by atoms with E-state index in [0.717, 1.165) is 16.7 Å². The number of hydrogen-bond donors (Lipinski definition) is 0. The lowest BCUT2D eigenvalue weighted by molar-refractivity contribution is 0.472. The molecule has 0 radical (unpaired) electrons. The van der Waals surface area contributed by atoms with E-state index in [1.54, 1.807) is 13.8 Å². The second-order valence-electron chi connectivity index (χ2n) is 4.08. The molecule has 17 heavy (non-hydrogen) atoms. The van der Waals surface area contributed by atoms with Gasteiger partial charge in [-0.2, -0.15) is 0 Å². The molecule has 1 aromatic heterocycles. The standard InChI is InChI=1S/C14H13ClO2/c1-8-10(3)17-14(16)9(2)13(8)11-4-6-12(15)7-5-11/h4-7H,1-3H3. The highest BCUT2D eigenvalue weighted by Crippen LogP contribution is 2.28. The summed E-state index contributed by atoms with van der Waals surface area (Å²) in [4.78, 5) is 11.7. The van der Waals surface area contributed by atoms with Crippen LogP contribution in [0.5, 0.6) is 0 Å². The lowest BCUT2D eigenvalue weighted by atomic mass is 9.97. The molecular weight excluding hydrogens is 236 g/mol. The molecule has 1 heterocycles. The van der Waals surface area contributed by atoms with E-state index in [0.29, 0.717) is 16.3 Å². The number of halogens is 1. The first kappa shape index (κ1) is 11.9. The van der Waals surface area contributed by atoms with E-state index < -0.39 is 0 Å². The molecule has 88 valence electrons. The normalized spacial score (nSPS) is 10.6. The monoisotopic (exact) mass is 248 g/mol. The fraction of sp³-hybridized carbons (Fsp3) is 0.214. The maximum Gasteiger partial charge on any atom is 0.339 e. The molecule has 0 aliphatic rings. The first-order valence-corrected chi connectivity index (χ1v) is 5.75. The smallest absolute Gasteiger partial charge is 0.339 e. The molecule has 0 amide bonds. The summed E-state index contributed by atoms with van der Waals surface area (Å²) in [6.45, 7) is 5.53. The van der Waals surface area contributed by atoms with Crippen molar-refractivity contribution in [1.29, 1.82) is 0 Å². The fourth-order valence-electron chi connectivity index (χ4n) is 1.90. The van der Waals surface area contributed by atoms with Crippen LogP contribution in [0.25, 0.3) is 11.1 Å². The first-order valence-electron chi connectivity index (χ1n) is 5.37. The first-order chi connectivity index (χ1) is 8.00. The van der Waals surface area contributed by atoms with Gasteiger partial charge in [0.1, 0.15) is 5.76 Å². The van der Waals surface area contributed by atoms with Crippen molar-refractivity contribution in [1.82, 2.24) is 0 Å². The van der Waals surface area contributed by atoms with E-state index in [1.165, 1.54) is 0 Å². The second-order valence-corrected chi connectivity index (χ2v) is 4.51. The molecule has 0 fully saturated rings. The predicted molar refractivity (Wildman–Crippen MR) is 69.6 cm³/mol. The molecule has 0 unspecified atom stereocenters. The Morgan fingerprint density at radius 3 is 2.18 bits per heavy atom. The second kappa shape index (κ2) is 4.38. The molecular formula is C14H13ClO2. The molecule has 0 atom stereocenters. The molecule has 0 N–H and O–H groups in total. The van der Waals surface area contributed by atoms with Crippen LogP contribution in [0.3, 0.4) is 0 Å². The zero-order chi connectivity index (χ0) is 12.6. The number of benzene rings is 1. The van der Waals surface area contributed by atoms with Gasteiger partial charge in [0.2, 0.25) is 0 Å². The summed E-state index contributed by atoms with van der Waals surface area (Å²) >= 11 is 5.86.